The Labute approximate surface area is 200 Å². The second-order valence-electron chi connectivity index (χ2n) is 9.15. The van der Waals surface area contributed by atoms with Crippen LogP contribution >= 0.6 is 11.6 Å². The Morgan fingerprint density at radius 2 is 1.79 bits per heavy atom. The fourth-order valence-corrected chi connectivity index (χ4v) is 4.62. The molecule has 8 heteroatoms. The third kappa shape index (κ3) is 7.07. The number of amides is 2. The van der Waals surface area contributed by atoms with Crippen LogP contribution < -0.4 is 10.6 Å². The van der Waals surface area contributed by atoms with Crippen molar-refractivity contribution in [1.29, 1.82) is 0 Å². The van der Waals surface area contributed by atoms with Crippen LogP contribution in [-0.4, -0.2) is 34.9 Å². The van der Waals surface area contributed by atoms with E-state index in [4.69, 9.17) is 11.6 Å². The van der Waals surface area contributed by atoms with Crippen LogP contribution in [-0.2, 0) is 17.6 Å². The predicted molar refractivity (Wildman–Crippen MR) is 131 cm³/mol. The van der Waals surface area contributed by atoms with Gasteiger partial charge in [0, 0.05) is 10.6 Å². The van der Waals surface area contributed by atoms with E-state index in [-0.39, 0.29) is 24.2 Å². The number of carbonyl (C=O) groups excluding carboxylic acids is 2. The first-order valence-electron chi connectivity index (χ1n) is 11.6. The number of hydrogen-bond donors (Lipinski definition) is 4. The fourth-order valence-electron chi connectivity index (χ4n) is 4.42. The highest BCUT2D eigenvalue weighted by atomic mass is 35.5. The summed E-state index contributed by atoms with van der Waals surface area (Å²) in [5.41, 5.74) is 3.64. The van der Waals surface area contributed by atoms with Gasteiger partial charge in [0.15, 0.2) is 0 Å². The Bertz CT molecular complexity index is 983. The molecule has 0 aromatic heterocycles. The van der Waals surface area contributed by atoms with Crippen molar-refractivity contribution in [2.24, 2.45) is 5.92 Å². The molecule has 0 radical (unpaired) electrons. The van der Waals surface area contributed by atoms with Crippen LogP contribution in [0.15, 0.2) is 42.5 Å². The van der Waals surface area contributed by atoms with Gasteiger partial charge in [0.05, 0.1) is 18.4 Å². The van der Waals surface area contributed by atoms with Crippen molar-refractivity contribution in [3.05, 3.63) is 69.7 Å². The predicted octanol–water partition coefficient (Wildman–Crippen LogP) is 3.62. The van der Waals surface area contributed by atoms with Gasteiger partial charge < -0.3 is 20.7 Å². The number of carbonyl (C=O) groups is 2. The number of hydrogen-bond acceptors (Lipinski definition) is 4. The quantitative estimate of drug-likeness (QED) is 0.421. The third-order valence-corrected chi connectivity index (χ3v) is 6.25. The smallest absolute Gasteiger partial charge is 0.426 e. The molecular weight excluding hydrogens is 439 g/mol. The number of benzene rings is 2. The van der Waals surface area contributed by atoms with Crippen molar-refractivity contribution >= 4 is 30.5 Å². The summed E-state index contributed by atoms with van der Waals surface area (Å²) in [4.78, 5) is 26.1. The summed E-state index contributed by atoms with van der Waals surface area (Å²) >= 11 is 6.18. The topological polar surface area (TPSA) is 98.7 Å². The molecule has 33 heavy (non-hydrogen) atoms. The van der Waals surface area contributed by atoms with E-state index in [1.165, 1.54) is 5.56 Å². The Morgan fingerprint density at radius 3 is 2.48 bits per heavy atom. The van der Waals surface area contributed by atoms with Crippen LogP contribution in [0.25, 0.3) is 0 Å². The first-order chi connectivity index (χ1) is 15.7. The van der Waals surface area contributed by atoms with E-state index < -0.39 is 19.1 Å². The molecule has 2 aromatic carbocycles. The van der Waals surface area contributed by atoms with Gasteiger partial charge in [-0.1, -0.05) is 49.7 Å². The van der Waals surface area contributed by atoms with Crippen molar-refractivity contribution < 1.29 is 19.6 Å². The maximum absolute atomic E-state index is 13.3. The summed E-state index contributed by atoms with van der Waals surface area (Å²) in [6.07, 6.45) is 4.38. The normalized spacial score (nSPS) is 14.8. The average Bonchev–Trinajstić information content (AvgIpc) is 2.77. The molecule has 176 valence electrons. The number of rotatable bonds is 9. The van der Waals surface area contributed by atoms with Crippen LogP contribution in [0.3, 0.4) is 0 Å². The summed E-state index contributed by atoms with van der Waals surface area (Å²) in [5, 5.41) is 25.5. The van der Waals surface area contributed by atoms with E-state index in [2.05, 4.69) is 16.7 Å². The Hall–Kier alpha value is -2.35. The first-order valence-corrected chi connectivity index (χ1v) is 11.9. The number of halogens is 1. The molecule has 2 amide bonds. The van der Waals surface area contributed by atoms with Gasteiger partial charge in [-0.05, 0) is 72.9 Å². The number of nitrogens with one attached hydrogen (secondary N) is 2. The second-order valence-corrected chi connectivity index (χ2v) is 9.59. The van der Waals surface area contributed by atoms with E-state index >= 15 is 0 Å². The molecule has 1 aliphatic carbocycles. The van der Waals surface area contributed by atoms with Crippen molar-refractivity contribution in [1.82, 2.24) is 10.6 Å². The molecule has 0 bridgehead atoms. The molecule has 0 fully saturated rings. The van der Waals surface area contributed by atoms with Gasteiger partial charge in [0.25, 0.3) is 5.91 Å². The first kappa shape index (κ1) is 25.3. The molecule has 0 aliphatic heterocycles. The fraction of sp³-hybridized carbons (Fsp3) is 0.440. The summed E-state index contributed by atoms with van der Waals surface area (Å²) in [6, 6.07) is 12.2. The Kier molecular flexibility index (Phi) is 8.95. The SMILES string of the molecule is CC(C)C[C@H](NC(=O)CC(NC(=O)c1cccc2c1CCCC2)c1cccc(Cl)c1)B(O)O. The van der Waals surface area contributed by atoms with Gasteiger partial charge in [0.1, 0.15) is 0 Å². The van der Waals surface area contributed by atoms with Gasteiger partial charge >= 0.3 is 7.12 Å². The molecule has 6 nitrogen and oxygen atoms in total. The highest BCUT2D eigenvalue weighted by Crippen LogP contribution is 2.26. The van der Waals surface area contributed by atoms with Gasteiger partial charge in [-0.15, -0.1) is 0 Å². The van der Waals surface area contributed by atoms with E-state index in [9.17, 15) is 19.6 Å². The van der Waals surface area contributed by atoms with Gasteiger partial charge in [-0.2, -0.15) is 0 Å². The number of aryl methyl sites for hydroxylation is 1. The van der Waals surface area contributed by atoms with Crippen molar-refractivity contribution in [3.63, 3.8) is 0 Å². The minimum atomic E-state index is -1.66. The van der Waals surface area contributed by atoms with E-state index in [0.29, 0.717) is 22.6 Å². The zero-order chi connectivity index (χ0) is 24.0. The zero-order valence-electron chi connectivity index (χ0n) is 19.2. The molecule has 0 heterocycles. The summed E-state index contributed by atoms with van der Waals surface area (Å²) in [6.45, 7) is 3.88. The molecule has 1 aliphatic rings. The lowest BCUT2D eigenvalue weighted by molar-refractivity contribution is -0.122. The largest absolute Gasteiger partial charge is 0.475 e. The van der Waals surface area contributed by atoms with Gasteiger partial charge in [-0.3, -0.25) is 9.59 Å². The standard InChI is InChI=1S/C25H32BClN2O4/c1-16(2)13-23(26(32)33)29-24(30)15-22(18-9-5-10-19(27)14-18)28-25(31)21-12-6-8-17-7-3-4-11-20(17)21/h5-6,8-10,12,14,16,22-23,32-33H,3-4,7,11,13,15H2,1-2H3,(H,28,31)(H,29,30)/t22?,23-/m0/s1. The van der Waals surface area contributed by atoms with Crippen molar-refractivity contribution in [3.8, 4) is 0 Å². The monoisotopic (exact) mass is 470 g/mol. The number of fused-ring (bicyclic) bond motifs is 1. The van der Waals surface area contributed by atoms with E-state index in [0.717, 1.165) is 31.2 Å². The molecule has 0 saturated carbocycles. The highest BCUT2D eigenvalue weighted by Gasteiger charge is 2.28. The molecule has 3 rings (SSSR count). The third-order valence-electron chi connectivity index (χ3n) is 6.02. The minimum Gasteiger partial charge on any atom is -0.426 e. The summed E-state index contributed by atoms with van der Waals surface area (Å²) < 4.78 is 0. The van der Waals surface area contributed by atoms with Gasteiger partial charge in [-0.25, -0.2) is 0 Å². The lowest BCUT2D eigenvalue weighted by Gasteiger charge is -2.24. The average molecular weight is 471 g/mol. The lowest BCUT2D eigenvalue weighted by Crippen LogP contribution is -2.48. The molecule has 1 unspecified atom stereocenters. The maximum Gasteiger partial charge on any atom is 0.475 e. The summed E-state index contributed by atoms with van der Waals surface area (Å²) in [5.74, 6) is -1.22. The molecule has 4 N–H and O–H groups in total. The maximum atomic E-state index is 13.3. The minimum absolute atomic E-state index is 0.0532. The molecule has 0 spiro atoms. The highest BCUT2D eigenvalue weighted by molar-refractivity contribution is 6.43. The van der Waals surface area contributed by atoms with Crippen molar-refractivity contribution in [2.75, 3.05) is 0 Å². The summed E-state index contributed by atoms with van der Waals surface area (Å²) in [7, 11) is -1.66. The van der Waals surface area contributed by atoms with E-state index in [1.54, 1.807) is 18.2 Å². The van der Waals surface area contributed by atoms with Crippen LogP contribution in [0.4, 0.5) is 0 Å². The van der Waals surface area contributed by atoms with Gasteiger partial charge in [0.2, 0.25) is 5.91 Å². The molecule has 2 aromatic rings. The van der Waals surface area contributed by atoms with Crippen LogP contribution in [0, 0.1) is 5.92 Å². The van der Waals surface area contributed by atoms with Crippen molar-refractivity contribution in [2.45, 2.75) is 64.4 Å². The Morgan fingerprint density at radius 1 is 1.06 bits per heavy atom. The van der Waals surface area contributed by atoms with Crippen LogP contribution in [0.2, 0.25) is 5.02 Å². The van der Waals surface area contributed by atoms with Crippen LogP contribution in [0.1, 0.15) is 72.6 Å². The zero-order valence-corrected chi connectivity index (χ0v) is 19.9. The Balaban J connectivity index is 1.81. The molecule has 0 saturated heterocycles. The molecule has 2 atom stereocenters. The molecular formula is C25H32BClN2O4. The lowest BCUT2D eigenvalue weighted by atomic mass is 9.75. The van der Waals surface area contributed by atoms with E-state index in [1.807, 2.05) is 32.0 Å². The van der Waals surface area contributed by atoms with Crippen LogP contribution in [0.5, 0.6) is 0 Å². The second kappa shape index (κ2) is 11.7.